The molecule has 34 heavy (non-hydrogen) atoms. The normalized spacial score (nSPS) is 26.7. The lowest BCUT2D eigenvalue weighted by Crippen LogP contribution is -2.30. The molecule has 4 atom stereocenters. The van der Waals surface area contributed by atoms with Crippen molar-refractivity contribution in [3.8, 4) is 5.75 Å². The third kappa shape index (κ3) is 4.15. The largest absolute Gasteiger partial charge is 0.426 e. The number of benzene rings is 2. The van der Waals surface area contributed by atoms with Gasteiger partial charge in [-0.1, -0.05) is 22.9 Å². The summed E-state index contributed by atoms with van der Waals surface area (Å²) < 4.78 is 6.43. The molecule has 0 bridgehead atoms. The van der Waals surface area contributed by atoms with E-state index in [2.05, 4.69) is 22.9 Å². The van der Waals surface area contributed by atoms with E-state index >= 15 is 0 Å². The summed E-state index contributed by atoms with van der Waals surface area (Å²) in [6, 6.07) is 13.8. The van der Waals surface area contributed by atoms with Crippen molar-refractivity contribution in [3.63, 3.8) is 0 Å². The van der Waals surface area contributed by atoms with Gasteiger partial charge in [-0.25, -0.2) is 0 Å². The van der Waals surface area contributed by atoms with Crippen LogP contribution >= 0.6 is 15.9 Å². The maximum Gasteiger partial charge on any atom is 0.316 e. The first-order valence-corrected chi connectivity index (χ1v) is 12.4. The summed E-state index contributed by atoms with van der Waals surface area (Å²) in [6.07, 6.45) is 2.55. The van der Waals surface area contributed by atoms with Gasteiger partial charge in [-0.3, -0.25) is 24.1 Å². The van der Waals surface area contributed by atoms with E-state index in [9.17, 15) is 19.2 Å². The number of halogens is 1. The number of carbonyl (C=O) groups excluding carboxylic acids is 4. The van der Waals surface area contributed by atoms with Gasteiger partial charge in [-0.05, 0) is 73.7 Å². The van der Waals surface area contributed by atoms with Crippen LogP contribution in [0.25, 0.3) is 0 Å². The summed E-state index contributed by atoms with van der Waals surface area (Å²) in [5, 5.41) is 0. The molecular formula is C26H25BrN2O5. The molecule has 0 radical (unpaired) electrons. The average Bonchev–Trinajstić information content (AvgIpc) is 3.32. The molecule has 176 valence electrons. The maximum absolute atomic E-state index is 12.9. The highest BCUT2D eigenvalue weighted by Gasteiger charge is 2.50. The second-order valence-electron chi connectivity index (χ2n) is 9.44. The van der Waals surface area contributed by atoms with Crippen LogP contribution < -0.4 is 14.5 Å². The summed E-state index contributed by atoms with van der Waals surface area (Å²) in [7, 11) is 0. The van der Waals surface area contributed by atoms with Crippen molar-refractivity contribution >= 4 is 51.0 Å². The van der Waals surface area contributed by atoms with Crippen LogP contribution in [0.15, 0.2) is 53.0 Å². The van der Waals surface area contributed by atoms with Crippen LogP contribution in [0, 0.1) is 23.7 Å². The Morgan fingerprint density at radius 3 is 2.26 bits per heavy atom. The van der Waals surface area contributed by atoms with Crippen LogP contribution in [0.2, 0.25) is 0 Å². The van der Waals surface area contributed by atoms with E-state index in [4.69, 9.17) is 4.74 Å². The summed E-state index contributed by atoms with van der Waals surface area (Å²) in [6.45, 7) is 2.38. The number of hydrogen-bond acceptors (Lipinski definition) is 5. The molecule has 3 fully saturated rings. The monoisotopic (exact) mass is 524 g/mol. The molecular weight excluding hydrogens is 500 g/mol. The zero-order chi connectivity index (χ0) is 24.0. The highest BCUT2D eigenvalue weighted by molar-refractivity contribution is 9.10. The van der Waals surface area contributed by atoms with E-state index in [1.54, 1.807) is 29.2 Å². The molecule has 0 aromatic heterocycles. The molecule has 2 aliphatic heterocycles. The number of esters is 1. The first-order chi connectivity index (χ1) is 16.3. The molecule has 0 unspecified atom stereocenters. The molecule has 7 nitrogen and oxygen atoms in total. The smallest absolute Gasteiger partial charge is 0.316 e. The zero-order valence-electron chi connectivity index (χ0n) is 18.8. The highest BCUT2D eigenvalue weighted by Crippen LogP contribution is 2.42. The van der Waals surface area contributed by atoms with Crippen molar-refractivity contribution in [1.29, 1.82) is 0 Å². The summed E-state index contributed by atoms with van der Waals surface area (Å²) >= 11 is 3.37. The predicted octanol–water partition coefficient (Wildman–Crippen LogP) is 4.33. The van der Waals surface area contributed by atoms with Gasteiger partial charge in [0.1, 0.15) is 5.75 Å². The predicted molar refractivity (Wildman–Crippen MR) is 129 cm³/mol. The minimum absolute atomic E-state index is 0.0883. The van der Waals surface area contributed by atoms with Crippen LogP contribution in [0.5, 0.6) is 5.75 Å². The third-order valence-corrected chi connectivity index (χ3v) is 7.63. The Morgan fingerprint density at radius 1 is 0.912 bits per heavy atom. The van der Waals surface area contributed by atoms with Gasteiger partial charge in [-0.2, -0.15) is 0 Å². The fraction of sp³-hybridized carbons (Fsp3) is 0.385. The molecule has 1 saturated carbocycles. The van der Waals surface area contributed by atoms with Crippen molar-refractivity contribution in [3.05, 3.63) is 53.0 Å². The second-order valence-corrected chi connectivity index (χ2v) is 10.4. The highest BCUT2D eigenvalue weighted by atomic mass is 79.9. The quantitative estimate of drug-likeness (QED) is 0.337. The standard InChI is InChI=1S/C26H25BrN2O5/c1-15-2-11-21-22(12-15)25(32)29(24(21)31)19-7-9-20(10-8-19)34-26(33)16-13-23(30)28(14-16)18-5-3-17(27)4-6-18/h3-10,15-16,21-22H,2,11-14H2,1H3/t15-,16+,21+,22-/m1/s1. The number of amides is 3. The zero-order valence-corrected chi connectivity index (χ0v) is 20.4. The molecule has 2 heterocycles. The summed E-state index contributed by atoms with van der Waals surface area (Å²) in [5.74, 6) is -1.14. The summed E-state index contributed by atoms with van der Waals surface area (Å²) in [4.78, 5) is 53.8. The lowest BCUT2D eigenvalue weighted by molar-refractivity contribution is -0.139. The molecule has 3 aliphatic rings. The number of ether oxygens (including phenoxy) is 1. The van der Waals surface area contributed by atoms with E-state index in [1.165, 1.54) is 4.90 Å². The molecule has 8 heteroatoms. The number of carbonyl (C=O) groups is 4. The molecule has 0 spiro atoms. The Kier molecular flexibility index (Phi) is 6.02. The van der Waals surface area contributed by atoms with Gasteiger partial charge in [0.2, 0.25) is 17.7 Å². The number of fused-ring (bicyclic) bond motifs is 1. The van der Waals surface area contributed by atoms with Crippen LogP contribution in [-0.4, -0.2) is 30.2 Å². The van der Waals surface area contributed by atoms with E-state index in [0.29, 0.717) is 17.4 Å². The van der Waals surface area contributed by atoms with E-state index in [1.807, 2.05) is 24.3 Å². The maximum atomic E-state index is 12.9. The molecule has 2 saturated heterocycles. The Morgan fingerprint density at radius 2 is 1.56 bits per heavy atom. The number of imide groups is 1. The van der Waals surface area contributed by atoms with Crippen molar-refractivity contribution < 1.29 is 23.9 Å². The molecule has 0 N–H and O–H groups in total. The van der Waals surface area contributed by atoms with Gasteiger partial charge in [0, 0.05) is 23.1 Å². The fourth-order valence-electron chi connectivity index (χ4n) is 5.24. The van der Waals surface area contributed by atoms with E-state index in [0.717, 1.165) is 29.4 Å². The lowest BCUT2D eigenvalue weighted by Gasteiger charge is -2.25. The first kappa shape index (κ1) is 22.8. The molecule has 3 amide bonds. The number of hydrogen-bond donors (Lipinski definition) is 0. The number of anilines is 2. The third-order valence-electron chi connectivity index (χ3n) is 7.10. The minimum Gasteiger partial charge on any atom is -0.426 e. The lowest BCUT2D eigenvalue weighted by atomic mass is 9.76. The Balaban J connectivity index is 1.24. The topological polar surface area (TPSA) is 84.0 Å². The first-order valence-electron chi connectivity index (χ1n) is 11.6. The molecule has 2 aromatic carbocycles. The van der Waals surface area contributed by atoms with Gasteiger partial charge in [0.15, 0.2) is 0 Å². The average molecular weight is 525 g/mol. The second kappa shape index (κ2) is 8.98. The van der Waals surface area contributed by atoms with Crippen LogP contribution in [0.1, 0.15) is 32.6 Å². The molecule has 2 aromatic rings. The van der Waals surface area contributed by atoms with Gasteiger partial charge in [0.05, 0.1) is 23.4 Å². The van der Waals surface area contributed by atoms with Crippen LogP contribution in [-0.2, 0) is 19.2 Å². The molecule has 1 aliphatic carbocycles. The van der Waals surface area contributed by atoms with Gasteiger partial charge < -0.3 is 9.64 Å². The Bertz CT molecular complexity index is 1150. The summed E-state index contributed by atoms with van der Waals surface area (Å²) in [5.41, 5.74) is 1.23. The van der Waals surface area contributed by atoms with Crippen molar-refractivity contribution in [2.45, 2.75) is 32.6 Å². The van der Waals surface area contributed by atoms with Gasteiger partial charge >= 0.3 is 5.97 Å². The van der Waals surface area contributed by atoms with Crippen molar-refractivity contribution in [2.75, 3.05) is 16.3 Å². The Labute approximate surface area is 206 Å². The SMILES string of the molecule is C[C@@H]1CC[C@@H]2C(=O)N(c3ccc(OC(=O)[C@H]4CC(=O)N(c5ccc(Br)cc5)C4)cc3)C(=O)[C@@H]2C1. The van der Waals surface area contributed by atoms with E-state index in [-0.39, 0.29) is 42.5 Å². The number of rotatable bonds is 4. The van der Waals surface area contributed by atoms with Gasteiger partial charge in [0.25, 0.3) is 0 Å². The van der Waals surface area contributed by atoms with E-state index < -0.39 is 11.9 Å². The van der Waals surface area contributed by atoms with Crippen LogP contribution in [0.3, 0.4) is 0 Å². The minimum atomic E-state index is -0.567. The fourth-order valence-corrected chi connectivity index (χ4v) is 5.51. The Hall–Kier alpha value is -3.00. The van der Waals surface area contributed by atoms with Crippen LogP contribution in [0.4, 0.5) is 11.4 Å². The van der Waals surface area contributed by atoms with Crippen molar-refractivity contribution in [2.24, 2.45) is 23.7 Å². The van der Waals surface area contributed by atoms with Gasteiger partial charge in [-0.15, -0.1) is 0 Å². The molecule has 5 rings (SSSR count). The number of nitrogens with zero attached hydrogens (tertiary/aromatic N) is 2. The van der Waals surface area contributed by atoms with Crippen molar-refractivity contribution in [1.82, 2.24) is 0 Å².